The Morgan fingerprint density at radius 2 is 1.83 bits per heavy atom. The van der Waals surface area contributed by atoms with E-state index < -0.39 is 0 Å². The number of nitrogens with one attached hydrogen (secondary N) is 1. The van der Waals surface area contributed by atoms with E-state index in [9.17, 15) is 4.79 Å². The standard InChI is InChI=1S/C15H24N2O/c1-5-17-14(18)10-13(16)11-6-8-12(9-7-11)15(2,3)4/h6-9,13H,5,10,16H2,1-4H3,(H,17,18). The molecule has 0 aliphatic heterocycles. The lowest BCUT2D eigenvalue weighted by Gasteiger charge is -2.20. The number of nitrogens with two attached hydrogens (primary N) is 1. The van der Waals surface area contributed by atoms with Gasteiger partial charge in [-0.2, -0.15) is 0 Å². The number of hydrogen-bond acceptors (Lipinski definition) is 2. The van der Waals surface area contributed by atoms with Crippen LogP contribution in [0, 0.1) is 0 Å². The molecule has 0 radical (unpaired) electrons. The van der Waals surface area contributed by atoms with Gasteiger partial charge in [0.25, 0.3) is 0 Å². The quantitative estimate of drug-likeness (QED) is 0.860. The van der Waals surface area contributed by atoms with Crippen molar-refractivity contribution in [1.82, 2.24) is 5.32 Å². The van der Waals surface area contributed by atoms with Crippen LogP contribution in [0.3, 0.4) is 0 Å². The summed E-state index contributed by atoms with van der Waals surface area (Å²) in [5, 5.41) is 2.76. The van der Waals surface area contributed by atoms with Gasteiger partial charge in [-0.25, -0.2) is 0 Å². The van der Waals surface area contributed by atoms with Crippen LogP contribution in [-0.4, -0.2) is 12.5 Å². The lowest BCUT2D eigenvalue weighted by molar-refractivity contribution is -0.121. The second kappa shape index (κ2) is 6.01. The molecule has 0 bridgehead atoms. The molecule has 1 rings (SSSR count). The van der Waals surface area contributed by atoms with E-state index in [1.807, 2.05) is 19.1 Å². The average Bonchev–Trinajstić information content (AvgIpc) is 2.28. The molecule has 0 aromatic heterocycles. The van der Waals surface area contributed by atoms with Crippen LogP contribution in [0.1, 0.15) is 51.3 Å². The van der Waals surface area contributed by atoms with Crippen molar-refractivity contribution in [2.75, 3.05) is 6.54 Å². The summed E-state index contributed by atoms with van der Waals surface area (Å²) in [6, 6.07) is 7.99. The van der Waals surface area contributed by atoms with Crippen LogP contribution in [0.5, 0.6) is 0 Å². The summed E-state index contributed by atoms with van der Waals surface area (Å²) in [6.45, 7) is 9.08. The highest BCUT2D eigenvalue weighted by Crippen LogP contribution is 2.24. The van der Waals surface area contributed by atoms with E-state index in [0.29, 0.717) is 13.0 Å². The summed E-state index contributed by atoms with van der Waals surface area (Å²) in [4.78, 5) is 11.5. The van der Waals surface area contributed by atoms with E-state index in [1.165, 1.54) is 5.56 Å². The van der Waals surface area contributed by atoms with Gasteiger partial charge in [0.1, 0.15) is 0 Å². The Bertz CT molecular complexity index is 390. The minimum Gasteiger partial charge on any atom is -0.356 e. The highest BCUT2D eigenvalue weighted by atomic mass is 16.1. The van der Waals surface area contributed by atoms with E-state index in [4.69, 9.17) is 5.73 Å². The first kappa shape index (κ1) is 14.7. The van der Waals surface area contributed by atoms with Crippen molar-refractivity contribution in [1.29, 1.82) is 0 Å². The van der Waals surface area contributed by atoms with Gasteiger partial charge in [0.05, 0.1) is 0 Å². The van der Waals surface area contributed by atoms with Crippen molar-refractivity contribution in [3.8, 4) is 0 Å². The predicted molar refractivity (Wildman–Crippen MR) is 75.4 cm³/mol. The summed E-state index contributed by atoms with van der Waals surface area (Å²) in [7, 11) is 0. The topological polar surface area (TPSA) is 55.1 Å². The molecule has 18 heavy (non-hydrogen) atoms. The zero-order valence-corrected chi connectivity index (χ0v) is 11.8. The first-order valence-corrected chi connectivity index (χ1v) is 6.47. The highest BCUT2D eigenvalue weighted by molar-refractivity contribution is 5.76. The van der Waals surface area contributed by atoms with Crippen LogP contribution in [-0.2, 0) is 10.2 Å². The Labute approximate surface area is 110 Å². The smallest absolute Gasteiger partial charge is 0.221 e. The molecule has 1 amide bonds. The fourth-order valence-corrected chi connectivity index (χ4v) is 1.82. The second-order valence-electron chi connectivity index (χ2n) is 5.64. The summed E-state index contributed by atoms with van der Waals surface area (Å²) in [6.07, 6.45) is 0.336. The molecular formula is C15H24N2O. The number of rotatable bonds is 4. The van der Waals surface area contributed by atoms with Crippen LogP contribution in [0.15, 0.2) is 24.3 Å². The number of carbonyl (C=O) groups is 1. The molecule has 1 aromatic carbocycles. The summed E-state index contributed by atoms with van der Waals surface area (Å²) in [5.74, 6) is 0.00454. The first-order chi connectivity index (χ1) is 8.34. The first-order valence-electron chi connectivity index (χ1n) is 6.47. The number of benzene rings is 1. The molecule has 0 aliphatic carbocycles. The fourth-order valence-electron chi connectivity index (χ4n) is 1.82. The van der Waals surface area contributed by atoms with Crippen LogP contribution in [0.2, 0.25) is 0 Å². The minimum absolute atomic E-state index is 0.00454. The molecule has 100 valence electrons. The fraction of sp³-hybridized carbons (Fsp3) is 0.533. The Morgan fingerprint density at radius 1 is 1.28 bits per heavy atom. The largest absolute Gasteiger partial charge is 0.356 e. The number of carbonyl (C=O) groups excluding carboxylic acids is 1. The van der Waals surface area contributed by atoms with E-state index in [1.54, 1.807) is 0 Å². The van der Waals surface area contributed by atoms with Crippen molar-refractivity contribution >= 4 is 5.91 Å². The molecule has 0 heterocycles. The molecule has 1 atom stereocenters. The van der Waals surface area contributed by atoms with Crippen LogP contribution < -0.4 is 11.1 Å². The molecule has 0 saturated carbocycles. The van der Waals surface area contributed by atoms with Crippen LogP contribution in [0.25, 0.3) is 0 Å². The van der Waals surface area contributed by atoms with Gasteiger partial charge < -0.3 is 11.1 Å². The van der Waals surface area contributed by atoms with Crippen molar-refractivity contribution < 1.29 is 4.79 Å². The number of amides is 1. The maximum atomic E-state index is 11.5. The summed E-state index contributed by atoms with van der Waals surface area (Å²) in [5.41, 5.74) is 8.45. The molecule has 0 saturated heterocycles. The molecular weight excluding hydrogens is 224 g/mol. The lowest BCUT2D eigenvalue weighted by atomic mass is 9.86. The zero-order chi connectivity index (χ0) is 13.8. The predicted octanol–water partition coefficient (Wildman–Crippen LogP) is 2.51. The number of hydrogen-bond donors (Lipinski definition) is 2. The molecule has 3 N–H and O–H groups in total. The van der Waals surface area contributed by atoms with Crippen LogP contribution >= 0.6 is 0 Å². The Hall–Kier alpha value is -1.35. The van der Waals surface area contributed by atoms with E-state index in [0.717, 1.165) is 5.56 Å². The molecule has 1 aromatic rings. The molecule has 0 spiro atoms. The van der Waals surface area contributed by atoms with Gasteiger partial charge in [-0.15, -0.1) is 0 Å². The SMILES string of the molecule is CCNC(=O)CC(N)c1ccc(C(C)(C)C)cc1. The average molecular weight is 248 g/mol. The maximum Gasteiger partial charge on any atom is 0.221 e. The van der Waals surface area contributed by atoms with Gasteiger partial charge in [0, 0.05) is 19.0 Å². The van der Waals surface area contributed by atoms with E-state index in [2.05, 4.69) is 38.2 Å². The highest BCUT2D eigenvalue weighted by Gasteiger charge is 2.15. The molecule has 3 nitrogen and oxygen atoms in total. The van der Waals surface area contributed by atoms with Crippen molar-refractivity contribution in [2.45, 2.75) is 45.6 Å². The monoisotopic (exact) mass is 248 g/mol. The van der Waals surface area contributed by atoms with Crippen LogP contribution in [0.4, 0.5) is 0 Å². The minimum atomic E-state index is -0.231. The Balaban J connectivity index is 2.70. The second-order valence-corrected chi connectivity index (χ2v) is 5.64. The molecule has 0 fully saturated rings. The van der Waals surface area contributed by atoms with Gasteiger partial charge in [-0.05, 0) is 23.5 Å². The van der Waals surface area contributed by atoms with Gasteiger partial charge in [-0.1, -0.05) is 45.0 Å². The Morgan fingerprint density at radius 3 is 2.28 bits per heavy atom. The van der Waals surface area contributed by atoms with E-state index in [-0.39, 0.29) is 17.4 Å². The summed E-state index contributed by atoms with van der Waals surface area (Å²) < 4.78 is 0. The van der Waals surface area contributed by atoms with Gasteiger partial charge in [0.15, 0.2) is 0 Å². The third-order valence-corrected chi connectivity index (χ3v) is 2.98. The molecule has 1 unspecified atom stereocenters. The zero-order valence-electron chi connectivity index (χ0n) is 11.8. The van der Waals surface area contributed by atoms with Crippen molar-refractivity contribution in [3.05, 3.63) is 35.4 Å². The summed E-state index contributed by atoms with van der Waals surface area (Å²) >= 11 is 0. The molecule has 0 aliphatic rings. The van der Waals surface area contributed by atoms with Crippen molar-refractivity contribution in [2.24, 2.45) is 5.73 Å². The Kier molecular flexibility index (Phi) is 4.91. The normalized spacial score (nSPS) is 13.2. The maximum absolute atomic E-state index is 11.5. The third-order valence-electron chi connectivity index (χ3n) is 2.98. The van der Waals surface area contributed by atoms with E-state index >= 15 is 0 Å². The van der Waals surface area contributed by atoms with Gasteiger partial charge >= 0.3 is 0 Å². The van der Waals surface area contributed by atoms with Crippen molar-refractivity contribution in [3.63, 3.8) is 0 Å². The lowest BCUT2D eigenvalue weighted by Crippen LogP contribution is -2.27. The van der Waals surface area contributed by atoms with Gasteiger partial charge in [0.2, 0.25) is 5.91 Å². The third kappa shape index (κ3) is 4.15. The molecule has 3 heteroatoms. The van der Waals surface area contributed by atoms with Gasteiger partial charge in [-0.3, -0.25) is 4.79 Å².